The van der Waals surface area contributed by atoms with Gasteiger partial charge in [-0.2, -0.15) is 0 Å². The van der Waals surface area contributed by atoms with Crippen LogP contribution in [0.2, 0.25) is 5.02 Å². The van der Waals surface area contributed by atoms with Gasteiger partial charge in [0.1, 0.15) is 0 Å². The van der Waals surface area contributed by atoms with Gasteiger partial charge in [0.2, 0.25) is 0 Å². The molecule has 3 heteroatoms. The van der Waals surface area contributed by atoms with E-state index in [1.807, 2.05) is 19.2 Å². The summed E-state index contributed by atoms with van der Waals surface area (Å²) in [5.74, 6) is 0. The monoisotopic (exact) mass is 323 g/mol. The minimum atomic E-state index is 0.163. The van der Waals surface area contributed by atoms with Crippen LogP contribution in [-0.4, -0.2) is 7.05 Å². The van der Waals surface area contributed by atoms with Gasteiger partial charge in [-0.05, 0) is 42.8 Å². The third kappa shape index (κ3) is 2.77. The number of hydrogen-bond donors (Lipinski definition) is 1. The van der Waals surface area contributed by atoms with Crippen LogP contribution in [0.3, 0.4) is 0 Å². The molecule has 0 aliphatic carbocycles. The largest absolute Gasteiger partial charge is 0.309 e. The molecular weight excluding hydrogens is 310 g/mol. The van der Waals surface area contributed by atoms with Crippen LogP contribution in [-0.2, 0) is 0 Å². The first-order valence-electron chi connectivity index (χ1n) is 5.81. The molecule has 0 radical (unpaired) electrons. The van der Waals surface area contributed by atoms with Crippen molar-refractivity contribution in [3.05, 3.63) is 68.7 Å². The van der Waals surface area contributed by atoms with Gasteiger partial charge >= 0.3 is 0 Å². The summed E-state index contributed by atoms with van der Waals surface area (Å²) in [6.07, 6.45) is 0. The van der Waals surface area contributed by atoms with E-state index in [0.717, 1.165) is 9.50 Å². The molecule has 18 heavy (non-hydrogen) atoms. The molecule has 2 rings (SSSR count). The zero-order valence-electron chi connectivity index (χ0n) is 10.4. The number of aryl methyl sites for hydroxylation is 1. The second kappa shape index (κ2) is 5.87. The fourth-order valence-electron chi connectivity index (χ4n) is 2.05. The molecule has 0 fully saturated rings. The SMILES string of the molecule is CNC(c1ccc(Cl)cc1)c1cccc(C)c1Br. The minimum Gasteiger partial charge on any atom is -0.309 e. The Morgan fingerprint density at radius 1 is 1.11 bits per heavy atom. The average Bonchev–Trinajstić information content (AvgIpc) is 2.37. The van der Waals surface area contributed by atoms with E-state index in [9.17, 15) is 0 Å². The molecule has 0 saturated carbocycles. The van der Waals surface area contributed by atoms with Gasteiger partial charge in [-0.25, -0.2) is 0 Å². The second-order valence-corrected chi connectivity index (χ2v) is 5.48. The lowest BCUT2D eigenvalue weighted by atomic mass is 9.97. The van der Waals surface area contributed by atoms with Gasteiger partial charge in [0.05, 0.1) is 6.04 Å². The molecular formula is C15H15BrClN. The lowest BCUT2D eigenvalue weighted by Gasteiger charge is -2.19. The molecule has 1 unspecified atom stereocenters. The normalized spacial score (nSPS) is 12.4. The van der Waals surface area contributed by atoms with Crippen molar-refractivity contribution in [1.82, 2.24) is 5.32 Å². The molecule has 0 spiro atoms. The molecule has 0 bridgehead atoms. The molecule has 0 aliphatic heterocycles. The fraction of sp³-hybridized carbons (Fsp3) is 0.200. The summed E-state index contributed by atoms with van der Waals surface area (Å²) in [7, 11) is 1.97. The van der Waals surface area contributed by atoms with Gasteiger partial charge in [-0.3, -0.25) is 0 Å². The standard InChI is InChI=1S/C15H15BrClN/c1-10-4-3-5-13(14(10)16)15(18-2)11-6-8-12(17)9-7-11/h3-9,15,18H,1-2H3. The van der Waals surface area contributed by atoms with E-state index in [1.54, 1.807) is 0 Å². The number of benzene rings is 2. The van der Waals surface area contributed by atoms with E-state index in [2.05, 4.69) is 58.5 Å². The molecule has 2 aromatic rings. The van der Waals surface area contributed by atoms with Crippen LogP contribution in [0.15, 0.2) is 46.9 Å². The van der Waals surface area contributed by atoms with Crippen LogP contribution in [0.5, 0.6) is 0 Å². The van der Waals surface area contributed by atoms with Crippen LogP contribution in [0.25, 0.3) is 0 Å². The first-order chi connectivity index (χ1) is 8.63. The summed E-state index contributed by atoms with van der Waals surface area (Å²) >= 11 is 9.60. The Bertz CT molecular complexity index is 537. The fourth-order valence-corrected chi connectivity index (χ4v) is 2.67. The zero-order chi connectivity index (χ0) is 13.1. The van der Waals surface area contributed by atoms with Crippen molar-refractivity contribution in [1.29, 1.82) is 0 Å². The van der Waals surface area contributed by atoms with Crippen molar-refractivity contribution in [2.45, 2.75) is 13.0 Å². The summed E-state index contributed by atoms with van der Waals surface area (Å²) in [5, 5.41) is 4.11. The number of hydrogen-bond acceptors (Lipinski definition) is 1. The van der Waals surface area contributed by atoms with E-state index < -0.39 is 0 Å². The molecule has 0 aromatic heterocycles. The maximum absolute atomic E-state index is 5.93. The van der Waals surface area contributed by atoms with E-state index >= 15 is 0 Å². The van der Waals surface area contributed by atoms with Crippen LogP contribution >= 0.6 is 27.5 Å². The second-order valence-electron chi connectivity index (χ2n) is 4.25. The third-order valence-corrected chi connectivity index (χ3v) is 4.36. The third-order valence-electron chi connectivity index (χ3n) is 3.02. The topological polar surface area (TPSA) is 12.0 Å². The highest BCUT2D eigenvalue weighted by molar-refractivity contribution is 9.10. The van der Waals surface area contributed by atoms with Gasteiger partial charge in [-0.1, -0.05) is 57.9 Å². The summed E-state index contributed by atoms with van der Waals surface area (Å²) in [4.78, 5) is 0. The summed E-state index contributed by atoms with van der Waals surface area (Å²) in [6, 6.07) is 14.4. The lowest BCUT2D eigenvalue weighted by Crippen LogP contribution is -2.18. The Morgan fingerprint density at radius 2 is 1.78 bits per heavy atom. The summed E-state index contributed by atoms with van der Waals surface area (Å²) < 4.78 is 1.15. The van der Waals surface area contributed by atoms with Crippen LogP contribution in [0.4, 0.5) is 0 Å². The van der Waals surface area contributed by atoms with Crippen LogP contribution < -0.4 is 5.32 Å². The van der Waals surface area contributed by atoms with E-state index in [1.165, 1.54) is 16.7 Å². The quantitative estimate of drug-likeness (QED) is 0.861. The zero-order valence-corrected chi connectivity index (χ0v) is 12.7. The van der Waals surface area contributed by atoms with E-state index in [-0.39, 0.29) is 6.04 Å². The predicted octanol–water partition coefficient (Wildman–Crippen LogP) is 4.72. The smallest absolute Gasteiger partial charge is 0.0585 e. The minimum absolute atomic E-state index is 0.163. The highest BCUT2D eigenvalue weighted by atomic mass is 79.9. The number of rotatable bonds is 3. The van der Waals surface area contributed by atoms with E-state index in [0.29, 0.717) is 0 Å². The molecule has 0 saturated heterocycles. The highest BCUT2D eigenvalue weighted by Crippen LogP contribution is 2.31. The number of nitrogens with one attached hydrogen (secondary N) is 1. The summed E-state index contributed by atoms with van der Waals surface area (Å²) in [6.45, 7) is 2.10. The molecule has 0 heterocycles. The Hall–Kier alpha value is -0.830. The van der Waals surface area contributed by atoms with Gasteiger partial charge in [0.15, 0.2) is 0 Å². The van der Waals surface area contributed by atoms with Gasteiger partial charge < -0.3 is 5.32 Å². The maximum atomic E-state index is 5.93. The van der Waals surface area contributed by atoms with Crippen molar-refractivity contribution < 1.29 is 0 Å². The molecule has 1 nitrogen and oxygen atoms in total. The van der Waals surface area contributed by atoms with Crippen molar-refractivity contribution in [3.8, 4) is 0 Å². The first-order valence-corrected chi connectivity index (χ1v) is 6.98. The molecule has 1 N–H and O–H groups in total. The van der Waals surface area contributed by atoms with E-state index in [4.69, 9.17) is 11.6 Å². The summed E-state index contributed by atoms with van der Waals surface area (Å²) in [5.41, 5.74) is 3.68. The number of halogens is 2. The average molecular weight is 325 g/mol. The molecule has 0 aliphatic rings. The Kier molecular flexibility index (Phi) is 4.44. The Balaban J connectivity index is 2.45. The van der Waals surface area contributed by atoms with Crippen LogP contribution in [0.1, 0.15) is 22.7 Å². The lowest BCUT2D eigenvalue weighted by molar-refractivity contribution is 0.688. The van der Waals surface area contributed by atoms with Crippen molar-refractivity contribution >= 4 is 27.5 Å². The predicted molar refractivity (Wildman–Crippen MR) is 81.2 cm³/mol. The van der Waals surface area contributed by atoms with Crippen molar-refractivity contribution in [2.75, 3.05) is 7.05 Å². The molecule has 1 atom stereocenters. The van der Waals surface area contributed by atoms with Gasteiger partial charge in [-0.15, -0.1) is 0 Å². The van der Waals surface area contributed by atoms with Gasteiger partial charge in [0.25, 0.3) is 0 Å². The van der Waals surface area contributed by atoms with Crippen LogP contribution in [0, 0.1) is 6.92 Å². The molecule has 94 valence electrons. The molecule has 0 amide bonds. The Morgan fingerprint density at radius 3 is 2.39 bits per heavy atom. The Labute approximate surface area is 121 Å². The van der Waals surface area contributed by atoms with Crippen molar-refractivity contribution in [3.63, 3.8) is 0 Å². The highest BCUT2D eigenvalue weighted by Gasteiger charge is 2.15. The maximum Gasteiger partial charge on any atom is 0.0585 e. The first kappa shape index (κ1) is 13.6. The van der Waals surface area contributed by atoms with Gasteiger partial charge in [0, 0.05) is 9.50 Å². The molecule has 2 aromatic carbocycles. The van der Waals surface area contributed by atoms with Crippen molar-refractivity contribution in [2.24, 2.45) is 0 Å².